The first-order valence-corrected chi connectivity index (χ1v) is 10.6. The second-order valence-corrected chi connectivity index (χ2v) is 7.82. The maximum absolute atomic E-state index is 13.2. The summed E-state index contributed by atoms with van der Waals surface area (Å²) >= 11 is 6.07. The standard InChI is InChI=1S/C22H21ClF3N5O/c1-2-19-17(14-28-31(19)16-6-4-3-5-7-16)21(32)30-10-8-29(9-11-30)20-18(23)12-15(13-27-20)22(24,25)26/h3-7,12-14H,2,8-11H2,1H3. The van der Waals surface area contributed by atoms with E-state index in [1.165, 1.54) is 0 Å². The largest absolute Gasteiger partial charge is 0.417 e. The molecule has 3 heterocycles. The predicted octanol–water partition coefficient (Wildman–Crippen LogP) is 4.46. The molecule has 1 aliphatic heterocycles. The van der Waals surface area contributed by atoms with Crippen molar-refractivity contribution in [2.24, 2.45) is 0 Å². The van der Waals surface area contributed by atoms with Crippen LogP contribution >= 0.6 is 11.6 Å². The molecule has 3 aromatic rings. The molecule has 0 saturated carbocycles. The molecule has 1 aliphatic rings. The fourth-order valence-electron chi connectivity index (χ4n) is 3.79. The van der Waals surface area contributed by atoms with Gasteiger partial charge >= 0.3 is 6.18 Å². The SMILES string of the molecule is CCc1c(C(=O)N2CCN(c3ncc(C(F)(F)F)cc3Cl)CC2)cnn1-c1ccccc1. The van der Waals surface area contributed by atoms with Crippen molar-refractivity contribution in [1.29, 1.82) is 0 Å². The van der Waals surface area contributed by atoms with Crippen LogP contribution in [0.4, 0.5) is 19.0 Å². The molecule has 1 fully saturated rings. The van der Waals surface area contributed by atoms with Gasteiger partial charge in [-0.25, -0.2) is 9.67 Å². The fourth-order valence-corrected chi connectivity index (χ4v) is 4.08. The highest BCUT2D eigenvalue weighted by atomic mass is 35.5. The van der Waals surface area contributed by atoms with Crippen LogP contribution in [-0.4, -0.2) is 51.8 Å². The number of carbonyl (C=O) groups is 1. The Morgan fingerprint density at radius 1 is 1.09 bits per heavy atom. The number of anilines is 1. The molecule has 0 radical (unpaired) electrons. The van der Waals surface area contributed by atoms with Gasteiger partial charge in [-0.3, -0.25) is 4.79 Å². The molecule has 1 aromatic carbocycles. The van der Waals surface area contributed by atoms with E-state index in [1.54, 1.807) is 20.7 Å². The third kappa shape index (κ3) is 4.29. The lowest BCUT2D eigenvalue weighted by atomic mass is 10.1. The third-order valence-electron chi connectivity index (χ3n) is 5.45. The molecule has 32 heavy (non-hydrogen) atoms. The Morgan fingerprint density at radius 3 is 2.38 bits per heavy atom. The van der Waals surface area contributed by atoms with Gasteiger partial charge in [0.2, 0.25) is 0 Å². The van der Waals surface area contributed by atoms with E-state index in [2.05, 4.69) is 10.1 Å². The minimum Gasteiger partial charge on any atom is -0.352 e. The first-order valence-electron chi connectivity index (χ1n) is 10.2. The zero-order valence-corrected chi connectivity index (χ0v) is 18.1. The number of rotatable bonds is 4. The fraction of sp³-hybridized carbons (Fsp3) is 0.318. The van der Waals surface area contributed by atoms with Crippen molar-refractivity contribution in [3.05, 3.63) is 70.6 Å². The highest BCUT2D eigenvalue weighted by Crippen LogP contribution is 2.33. The van der Waals surface area contributed by atoms with E-state index < -0.39 is 11.7 Å². The van der Waals surface area contributed by atoms with Gasteiger partial charge in [0.05, 0.1) is 33.7 Å². The number of amides is 1. The number of carbonyl (C=O) groups excluding carboxylic acids is 1. The highest BCUT2D eigenvalue weighted by Gasteiger charge is 2.33. The van der Waals surface area contributed by atoms with Crippen molar-refractivity contribution in [2.75, 3.05) is 31.1 Å². The molecule has 1 saturated heterocycles. The number of alkyl halides is 3. The Kier molecular flexibility index (Phi) is 6.10. The molecular formula is C22H21ClF3N5O. The Hall–Kier alpha value is -3.07. The van der Waals surface area contributed by atoms with Crippen LogP contribution in [0.1, 0.15) is 28.5 Å². The van der Waals surface area contributed by atoms with Gasteiger partial charge in [-0.05, 0) is 24.6 Å². The minimum absolute atomic E-state index is 0.0583. The summed E-state index contributed by atoms with van der Waals surface area (Å²) in [5.41, 5.74) is 1.38. The Balaban J connectivity index is 1.47. The summed E-state index contributed by atoms with van der Waals surface area (Å²) in [5.74, 6) is 0.174. The van der Waals surface area contributed by atoms with Crippen LogP contribution in [0.25, 0.3) is 5.69 Å². The molecular weight excluding hydrogens is 443 g/mol. The van der Waals surface area contributed by atoms with Crippen molar-refractivity contribution in [3.63, 3.8) is 0 Å². The summed E-state index contributed by atoms with van der Waals surface area (Å²) in [5, 5.41) is 4.36. The maximum Gasteiger partial charge on any atom is 0.417 e. The highest BCUT2D eigenvalue weighted by molar-refractivity contribution is 6.33. The number of hydrogen-bond donors (Lipinski definition) is 0. The normalized spacial score (nSPS) is 14.7. The van der Waals surface area contributed by atoms with Crippen molar-refractivity contribution in [2.45, 2.75) is 19.5 Å². The van der Waals surface area contributed by atoms with Gasteiger partial charge < -0.3 is 9.80 Å². The van der Waals surface area contributed by atoms with Crippen molar-refractivity contribution in [1.82, 2.24) is 19.7 Å². The summed E-state index contributed by atoms with van der Waals surface area (Å²) in [6.45, 7) is 3.61. The second-order valence-electron chi connectivity index (χ2n) is 7.41. The third-order valence-corrected chi connectivity index (χ3v) is 5.73. The zero-order chi connectivity index (χ0) is 22.9. The van der Waals surface area contributed by atoms with Crippen molar-refractivity contribution in [3.8, 4) is 5.69 Å². The molecule has 0 aliphatic carbocycles. The quantitative estimate of drug-likeness (QED) is 0.573. The molecule has 2 aromatic heterocycles. The van der Waals surface area contributed by atoms with E-state index in [-0.39, 0.29) is 16.7 Å². The molecule has 1 amide bonds. The van der Waals surface area contributed by atoms with Crippen molar-refractivity contribution < 1.29 is 18.0 Å². The summed E-state index contributed by atoms with van der Waals surface area (Å²) < 4.78 is 40.3. The average Bonchev–Trinajstić information content (AvgIpc) is 3.23. The van der Waals surface area contributed by atoms with Gasteiger partial charge in [0.25, 0.3) is 5.91 Å². The van der Waals surface area contributed by atoms with Crippen LogP contribution in [0.3, 0.4) is 0 Å². The predicted molar refractivity (Wildman–Crippen MR) is 115 cm³/mol. The van der Waals surface area contributed by atoms with Crippen LogP contribution < -0.4 is 4.90 Å². The van der Waals surface area contributed by atoms with Crippen molar-refractivity contribution >= 4 is 23.3 Å². The Bertz CT molecular complexity index is 1110. The maximum atomic E-state index is 13.2. The smallest absolute Gasteiger partial charge is 0.352 e. The lowest BCUT2D eigenvalue weighted by Gasteiger charge is -2.35. The molecule has 0 N–H and O–H groups in total. The van der Waals surface area contributed by atoms with Gasteiger partial charge in [-0.2, -0.15) is 18.3 Å². The van der Waals surface area contributed by atoms with Crippen LogP contribution in [-0.2, 0) is 12.6 Å². The van der Waals surface area contributed by atoms with Gasteiger partial charge in [0.1, 0.15) is 5.82 Å². The van der Waals surface area contributed by atoms with E-state index in [1.807, 2.05) is 37.3 Å². The molecule has 0 bridgehead atoms. The molecule has 168 valence electrons. The molecule has 4 rings (SSSR count). The number of benzene rings is 1. The molecule has 0 spiro atoms. The van der Waals surface area contributed by atoms with Gasteiger partial charge in [-0.15, -0.1) is 0 Å². The molecule has 0 unspecified atom stereocenters. The van der Waals surface area contributed by atoms with E-state index in [0.717, 1.165) is 23.6 Å². The number of para-hydroxylation sites is 1. The van der Waals surface area contributed by atoms with Crippen LogP contribution in [0, 0.1) is 0 Å². The van der Waals surface area contributed by atoms with E-state index >= 15 is 0 Å². The number of pyridine rings is 1. The lowest BCUT2D eigenvalue weighted by molar-refractivity contribution is -0.137. The van der Waals surface area contributed by atoms with Gasteiger partial charge in [0, 0.05) is 32.4 Å². The Morgan fingerprint density at radius 2 is 1.78 bits per heavy atom. The second kappa shape index (κ2) is 8.82. The first kappa shape index (κ1) is 22.1. The monoisotopic (exact) mass is 463 g/mol. The number of piperazine rings is 1. The molecule has 0 atom stereocenters. The summed E-state index contributed by atoms with van der Waals surface area (Å²) in [4.78, 5) is 20.6. The summed E-state index contributed by atoms with van der Waals surface area (Å²) in [6, 6.07) is 10.5. The van der Waals surface area contributed by atoms with E-state index in [0.29, 0.717) is 38.2 Å². The lowest BCUT2D eigenvalue weighted by Crippen LogP contribution is -2.49. The van der Waals surface area contributed by atoms with Crippen LogP contribution in [0.5, 0.6) is 0 Å². The summed E-state index contributed by atoms with van der Waals surface area (Å²) in [6.07, 6.45) is -1.48. The van der Waals surface area contributed by atoms with E-state index in [4.69, 9.17) is 11.6 Å². The van der Waals surface area contributed by atoms with Crippen LogP contribution in [0.15, 0.2) is 48.8 Å². The van der Waals surface area contributed by atoms with Crippen LogP contribution in [0.2, 0.25) is 5.02 Å². The average molecular weight is 464 g/mol. The van der Waals surface area contributed by atoms with Gasteiger partial charge in [0.15, 0.2) is 0 Å². The Labute approximate surface area is 188 Å². The zero-order valence-electron chi connectivity index (χ0n) is 17.3. The minimum atomic E-state index is -4.50. The topological polar surface area (TPSA) is 54.3 Å². The van der Waals surface area contributed by atoms with Gasteiger partial charge in [-0.1, -0.05) is 36.7 Å². The number of aromatic nitrogens is 3. The summed E-state index contributed by atoms with van der Waals surface area (Å²) in [7, 11) is 0. The number of halogens is 4. The number of hydrogen-bond acceptors (Lipinski definition) is 4. The number of nitrogens with zero attached hydrogens (tertiary/aromatic N) is 5. The molecule has 10 heteroatoms. The first-order chi connectivity index (χ1) is 15.3. The molecule has 6 nitrogen and oxygen atoms in total. The van der Waals surface area contributed by atoms with E-state index in [9.17, 15) is 18.0 Å².